The van der Waals surface area contributed by atoms with Crippen molar-refractivity contribution in [3.05, 3.63) is 45.6 Å². The molecule has 1 saturated carbocycles. The molecule has 0 spiro atoms. The summed E-state index contributed by atoms with van der Waals surface area (Å²) in [4.78, 5) is 43.9. The highest BCUT2D eigenvalue weighted by atomic mass is 16.6. The molecule has 8 nitrogen and oxygen atoms in total. The molecule has 0 bridgehead atoms. The molecule has 2 heterocycles. The van der Waals surface area contributed by atoms with Gasteiger partial charge in [-0.3, -0.25) is 24.6 Å². The summed E-state index contributed by atoms with van der Waals surface area (Å²) in [5.74, 6) is -0.443. The number of nitro groups is 1. The molecule has 32 heavy (non-hydrogen) atoms. The Labute approximate surface area is 189 Å². The normalized spacial score (nSPS) is 21.8. The number of rotatable bonds is 5. The fourth-order valence-electron chi connectivity index (χ4n) is 5.15. The van der Waals surface area contributed by atoms with Gasteiger partial charge in [0.1, 0.15) is 5.70 Å². The Morgan fingerprint density at radius 3 is 2.06 bits per heavy atom. The van der Waals surface area contributed by atoms with Crippen molar-refractivity contribution in [2.75, 3.05) is 32.7 Å². The highest BCUT2D eigenvalue weighted by molar-refractivity contribution is 6.35. The van der Waals surface area contributed by atoms with Gasteiger partial charge in [0.2, 0.25) is 0 Å². The number of nitro benzene ring substituents is 1. The number of imide groups is 1. The summed E-state index contributed by atoms with van der Waals surface area (Å²) in [7, 11) is 0. The Kier molecular flexibility index (Phi) is 6.89. The third-order valence-corrected chi connectivity index (χ3v) is 7.03. The number of carbonyl (C=O) groups excluding carboxylic acids is 2. The lowest BCUT2D eigenvalue weighted by Gasteiger charge is -2.36. The molecule has 2 aliphatic heterocycles. The predicted molar refractivity (Wildman–Crippen MR) is 122 cm³/mol. The summed E-state index contributed by atoms with van der Waals surface area (Å²) in [5, 5.41) is 11.1. The number of carbonyl (C=O) groups is 2. The Balaban J connectivity index is 1.69. The van der Waals surface area contributed by atoms with Gasteiger partial charge in [-0.1, -0.05) is 39.0 Å². The predicted octanol–water partition coefficient (Wildman–Crippen LogP) is 3.43. The van der Waals surface area contributed by atoms with Crippen LogP contribution in [0.25, 0.3) is 5.57 Å². The van der Waals surface area contributed by atoms with Crippen LogP contribution in [-0.4, -0.2) is 70.2 Å². The maximum atomic E-state index is 13.7. The first-order chi connectivity index (χ1) is 15.5. The second-order valence-electron chi connectivity index (χ2n) is 8.93. The summed E-state index contributed by atoms with van der Waals surface area (Å²) in [5.41, 5.74) is 1.43. The summed E-state index contributed by atoms with van der Waals surface area (Å²) in [6.07, 6.45) is 7.25. The van der Waals surface area contributed by atoms with Crippen molar-refractivity contribution in [2.24, 2.45) is 0 Å². The molecule has 3 aliphatic rings. The average Bonchev–Trinajstić information content (AvgIpc) is 3.04. The largest absolute Gasteiger partial charge is 0.364 e. The quantitative estimate of drug-likeness (QED) is 0.396. The number of hydrogen-bond acceptors (Lipinski definition) is 6. The zero-order valence-corrected chi connectivity index (χ0v) is 18.8. The van der Waals surface area contributed by atoms with Gasteiger partial charge in [0.15, 0.2) is 0 Å². The van der Waals surface area contributed by atoms with Crippen LogP contribution >= 0.6 is 0 Å². The number of benzene rings is 1. The van der Waals surface area contributed by atoms with E-state index in [4.69, 9.17) is 0 Å². The van der Waals surface area contributed by atoms with E-state index in [1.165, 1.54) is 23.5 Å². The average molecular weight is 441 g/mol. The van der Waals surface area contributed by atoms with Gasteiger partial charge in [0, 0.05) is 44.4 Å². The van der Waals surface area contributed by atoms with Gasteiger partial charge in [-0.2, -0.15) is 0 Å². The Bertz CT molecular complexity index is 895. The van der Waals surface area contributed by atoms with Crippen molar-refractivity contribution >= 4 is 23.1 Å². The van der Waals surface area contributed by atoms with Crippen molar-refractivity contribution in [1.29, 1.82) is 0 Å². The minimum atomic E-state index is -0.453. The lowest BCUT2D eigenvalue weighted by atomic mass is 9.95. The van der Waals surface area contributed by atoms with E-state index in [9.17, 15) is 19.7 Å². The van der Waals surface area contributed by atoms with E-state index in [-0.39, 0.29) is 23.5 Å². The summed E-state index contributed by atoms with van der Waals surface area (Å²) in [6.45, 7) is 6.16. The van der Waals surface area contributed by atoms with Crippen molar-refractivity contribution in [3.8, 4) is 0 Å². The van der Waals surface area contributed by atoms with E-state index in [0.717, 1.165) is 58.2 Å². The van der Waals surface area contributed by atoms with E-state index in [1.807, 2.05) is 4.90 Å². The molecule has 1 saturated heterocycles. The van der Waals surface area contributed by atoms with Crippen molar-refractivity contribution in [1.82, 2.24) is 14.7 Å². The van der Waals surface area contributed by atoms with Crippen LogP contribution in [0.2, 0.25) is 0 Å². The van der Waals surface area contributed by atoms with Crippen molar-refractivity contribution < 1.29 is 14.5 Å². The number of piperazine rings is 1. The Morgan fingerprint density at radius 2 is 1.50 bits per heavy atom. The van der Waals surface area contributed by atoms with Crippen LogP contribution in [0.1, 0.15) is 57.4 Å². The summed E-state index contributed by atoms with van der Waals surface area (Å²) in [6, 6.07) is 5.94. The maximum absolute atomic E-state index is 13.7. The van der Waals surface area contributed by atoms with Crippen molar-refractivity contribution in [2.45, 2.75) is 57.9 Å². The van der Waals surface area contributed by atoms with Gasteiger partial charge in [0.25, 0.3) is 17.5 Å². The van der Waals surface area contributed by atoms with Gasteiger partial charge >= 0.3 is 0 Å². The molecule has 4 rings (SSSR count). The molecule has 1 aromatic carbocycles. The molecule has 1 aromatic rings. The molecule has 1 aliphatic carbocycles. The standard InChI is InChI=1S/C24H32N4O4/c1-2-25-14-16-26(17-15-25)22-21(18-10-12-20(13-11-18)28(31)32)23(29)27(24(22)30)19-8-6-4-3-5-7-9-19/h10-13,19H,2-9,14-17H2,1H3. The summed E-state index contributed by atoms with van der Waals surface area (Å²) >= 11 is 0. The van der Waals surface area contributed by atoms with Crippen LogP contribution in [0.3, 0.4) is 0 Å². The maximum Gasteiger partial charge on any atom is 0.278 e. The first-order valence-corrected chi connectivity index (χ1v) is 11.9. The minimum Gasteiger partial charge on any atom is -0.364 e. The fourth-order valence-corrected chi connectivity index (χ4v) is 5.15. The topological polar surface area (TPSA) is 87.0 Å². The number of likely N-dealkylation sites (N-methyl/N-ethyl adjacent to an activating group) is 1. The summed E-state index contributed by atoms with van der Waals surface area (Å²) < 4.78 is 0. The highest BCUT2D eigenvalue weighted by Crippen LogP contribution is 2.36. The van der Waals surface area contributed by atoms with Crippen LogP contribution in [0, 0.1) is 10.1 Å². The third-order valence-electron chi connectivity index (χ3n) is 7.03. The van der Waals surface area contributed by atoms with Gasteiger partial charge < -0.3 is 9.80 Å². The molecule has 2 fully saturated rings. The number of non-ortho nitro benzene ring substituents is 1. The smallest absolute Gasteiger partial charge is 0.278 e. The van der Waals surface area contributed by atoms with Crippen LogP contribution < -0.4 is 0 Å². The first-order valence-electron chi connectivity index (χ1n) is 11.9. The van der Waals surface area contributed by atoms with Crippen molar-refractivity contribution in [3.63, 3.8) is 0 Å². The van der Waals surface area contributed by atoms with Gasteiger partial charge in [-0.15, -0.1) is 0 Å². The van der Waals surface area contributed by atoms with Crippen LogP contribution in [0.5, 0.6) is 0 Å². The van der Waals surface area contributed by atoms with E-state index >= 15 is 0 Å². The molecule has 0 radical (unpaired) electrons. The van der Waals surface area contributed by atoms with E-state index in [2.05, 4.69) is 11.8 Å². The molecule has 0 atom stereocenters. The van der Waals surface area contributed by atoms with E-state index < -0.39 is 4.92 Å². The lowest BCUT2D eigenvalue weighted by Crippen LogP contribution is -2.48. The van der Waals surface area contributed by atoms with Crippen LogP contribution in [0.15, 0.2) is 30.0 Å². The Hall–Kier alpha value is -2.74. The minimum absolute atomic E-state index is 0.0268. The molecule has 0 aromatic heterocycles. The van der Waals surface area contributed by atoms with E-state index in [0.29, 0.717) is 29.9 Å². The molecular weight excluding hydrogens is 408 g/mol. The van der Waals surface area contributed by atoms with Crippen LogP contribution in [0.4, 0.5) is 5.69 Å². The molecule has 8 heteroatoms. The molecular formula is C24H32N4O4. The number of nitrogens with zero attached hydrogens (tertiary/aromatic N) is 4. The highest BCUT2D eigenvalue weighted by Gasteiger charge is 2.45. The third kappa shape index (κ3) is 4.41. The zero-order valence-electron chi connectivity index (χ0n) is 18.8. The number of amides is 2. The molecule has 2 amide bonds. The first kappa shape index (κ1) is 22.5. The molecule has 0 unspecified atom stereocenters. The van der Waals surface area contributed by atoms with Gasteiger partial charge in [-0.25, -0.2) is 0 Å². The zero-order chi connectivity index (χ0) is 22.7. The SMILES string of the molecule is CCN1CCN(C2=C(c3ccc([N+](=O)[O-])cc3)C(=O)N(C3CCCCCCC3)C2=O)CC1. The Morgan fingerprint density at radius 1 is 0.906 bits per heavy atom. The van der Waals surface area contributed by atoms with Gasteiger partial charge in [-0.05, 0) is 37.1 Å². The lowest BCUT2D eigenvalue weighted by molar-refractivity contribution is -0.384. The van der Waals surface area contributed by atoms with E-state index in [1.54, 1.807) is 12.1 Å². The van der Waals surface area contributed by atoms with Gasteiger partial charge in [0.05, 0.1) is 10.5 Å². The molecule has 0 N–H and O–H groups in total. The van der Waals surface area contributed by atoms with Crippen LogP contribution in [-0.2, 0) is 9.59 Å². The number of hydrogen-bond donors (Lipinski definition) is 0. The fraction of sp³-hybridized carbons (Fsp3) is 0.583. The second-order valence-corrected chi connectivity index (χ2v) is 8.93. The molecule has 172 valence electrons. The monoisotopic (exact) mass is 440 g/mol. The second kappa shape index (κ2) is 9.81.